The third kappa shape index (κ3) is 5.60. The highest BCUT2D eigenvalue weighted by Gasteiger charge is 2.19. The number of aliphatic hydroxyl groups is 1. The minimum atomic E-state index is -0.710. The fraction of sp³-hybridized carbons (Fsp3) is 0.520. The van der Waals surface area contributed by atoms with Gasteiger partial charge in [-0.3, -0.25) is 0 Å². The van der Waals surface area contributed by atoms with E-state index in [4.69, 9.17) is 14.2 Å². The van der Waals surface area contributed by atoms with Crippen molar-refractivity contribution in [3.63, 3.8) is 0 Å². The number of phenolic OH excluding ortho intramolecular Hbond substituents is 1. The van der Waals surface area contributed by atoms with Gasteiger partial charge in [-0.2, -0.15) is 0 Å². The smallest absolute Gasteiger partial charge is 0.164 e. The zero-order valence-corrected chi connectivity index (χ0v) is 18.9. The SMILES string of the molecule is CCCc1c(OCCCC(CC)c2cccc(OC)c2OC)ccc(C(C)O)c1O. The summed E-state index contributed by atoms with van der Waals surface area (Å²) in [6, 6.07) is 9.61. The van der Waals surface area contributed by atoms with E-state index in [0.717, 1.165) is 48.3 Å². The van der Waals surface area contributed by atoms with Gasteiger partial charge in [0.1, 0.15) is 11.5 Å². The van der Waals surface area contributed by atoms with Crippen LogP contribution in [0.4, 0.5) is 0 Å². The molecule has 2 aromatic rings. The molecular weight excluding hydrogens is 380 g/mol. The minimum absolute atomic E-state index is 0.150. The van der Waals surface area contributed by atoms with E-state index in [2.05, 4.69) is 19.9 Å². The van der Waals surface area contributed by atoms with Crippen molar-refractivity contribution in [2.45, 2.75) is 64.9 Å². The molecule has 2 unspecified atom stereocenters. The molecule has 0 aliphatic rings. The van der Waals surface area contributed by atoms with Crippen LogP contribution in [-0.2, 0) is 6.42 Å². The van der Waals surface area contributed by atoms with Crippen molar-refractivity contribution in [1.82, 2.24) is 0 Å². The first kappa shape index (κ1) is 23.9. The third-order valence-electron chi connectivity index (χ3n) is 5.54. The van der Waals surface area contributed by atoms with Crippen molar-refractivity contribution in [3.8, 4) is 23.0 Å². The number of aromatic hydroxyl groups is 1. The van der Waals surface area contributed by atoms with Gasteiger partial charge in [0.25, 0.3) is 0 Å². The molecule has 0 bridgehead atoms. The molecule has 5 nitrogen and oxygen atoms in total. The van der Waals surface area contributed by atoms with Gasteiger partial charge in [-0.15, -0.1) is 0 Å². The molecule has 0 spiro atoms. The summed E-state index contributed by atoms with van der Waals surface area (Å²) in [5.41, 5.74) is 2.48. The number of benzene rings is 2. The molecule has 2 atom stereocenters. The second kappa shape index (κ2) is 11.7. The van der Waals surface area contributed by atoms with Gasteiger partial charge in [0, 0.05) is 16.7 Å². The molecule has 0 heterocycles. The van der Waals surface area contributed by atoms with Crippen LogP contribution in [-0.4, -0.2) is 31.0 Å². The molecule has 2 N–H and O–H groups in total. The Labute approximate surface area is 180 Å². The normalized spacial score (nSPS) is 13.0. The van der Waals surface area contributed by atoms with Gasteiger partial charge in [-0.1, -0.05) is 32.4 Å². The van der Waals surface area contributed by atoms with E-state index >= 15 is 0 Å². The summed E-state index contributed by atoms with van der Waals surface area (Å²) in [5.74, 6) is 2.75. The average Bonchev–Trinajstić information content (AvgIpc) is 2.75. The van der Waals surface area contributed by atoms with E-state index in [1.807, 2.05) is 18.2 Å². The first-order valence-corrected chi connectivity index (χ1v) is 10.8. The van der Waals surface area contributed by atoms with E-state index in [9.17, 15) is 10.2 Å². The Hall–Kier alpha value is -2.40. The lowest BCUT2D eigenvalue weighted by Gasteiger charge is -2.21. The largest absolute Gasteiger partial charge is 0.507 e. The number of hydrogen-bond donors (Lipinski definition) is 2. The monoisotopic (exact) mass is 416 g/mol. The number of aliphatic hydroxyl groups excluding tert-OH is 1. The van der Waals surface area contributed by atoms with Gasteiger partial charge in [0.2, 0.25) is 0 Å². The molecule has 0 saturated heterocycles. The predicted octanol–water partition coefficient (Wildman–Crippen LogP) is 5.77. The number of ether oxygens (including phenoxy) is 3. The van der Waals surface area contributed by atoms with Gasteiger partial charge < -0.3 is 24.4 Å². The van der Waals surface area contributed by atoms with Gasteiger partial charge in [0.05, 0.1) is 26.9 Å². The number of methoxy groups -OCH3 is 2. The molecular formula is C25H36O5. The molecule has 30 heavy (non-hydrogen) atoms. The topological polar surface area (TPSA) is 68.2 Å². The molecule has 0 saturated carbocycles. The maximum atomic E-state index is 10.5. The van der Waals surface area contributed by atoms with Crippen LogP contribution >= 0.6 is 0 Å². The van der Waals surface area contributed by atoms with Crippen LogP contribution in [0.1, 0.15) is 75.2 Å². The fourth-order valence-corrected chi connectivity index (χ4v) is 3.92. The van der Waals surface area contributed by atoms with Crippen LogP contribution in [0.15, 0.2) is 30.3 Å². The quantitative estimate of drug-likeness (QED) is 0.430. The van der Waals surface area contributed by atoms with Gasteiger partial charge in [-0.05, 0) is 56.7 Å². The Morgan fingerprint density at radius 3 is 2.33 bits per heavy atom. The molecule has 0 amide bonds. The zero-order valence-electron chi connectivity index (χ0n) is 18.9. The first-order chi connectivity index (χ1) is 14.5. The molecule has 0 aliphatic carbocycles. The van der Waals surface area contributed by atoms with Crippen molar-refractivity contribution < 1.29 is 24.4 Å². The Balaban J connectivity index is 2.06. The molecule has 0 aliphatic heterocycles. The van der Waals surface area contributed by atoms with E-state index in [-0.39, 0.29) is 5.75 Å². The van der Waals surface area contributed by atoms with Crippen molar-refractivity contribution >= 4 is 0 Å². The van der Waals surface area contributed by atoms with Crippen LogP contribution in [0.2, 0.25) is 0 Å². The van der Waals surface area contributed by atoms with Crippen LogP contribution in [0.5, 0.6) is 23.0 Å². The highest BCUT2D eigenvalue weighted by atomic mass is 16.5. The fourth-order valence-electron chi connectivity index (χ4n) is 3.92. The number of rotatable bonds is 12. The summed E-state index contributed by atoms with van der Waals surface area (Å²) >= 11 is 0. The van der Waals surface area contributed by atoms with E-state index in [1.54, 1.807) is 27.2 Å². The second-order valence-electron chi connectivity index (χ2n) is 7.58. The number of phenols is 1. The highest BCUT2D eigenvalue weighted by Crippen LogP contribution is 2.39. The minimum Gasteiger partial charge on any atom is -0.507 e. The highest BCUT2D eigenvalue weighted by molar-refractivity contribution is 5.50. The summed E-state index contributed by atoms with van der Waals surface area (Å²) < 4.78 is 17.1. The van der Waals surface area contributed by atoms with E-state index in [0.29, 0.717) is 30.3 Å². The average molecular weight is 417 g/mol. The molecule has 0 fully saturated rings. The van der Waals surface area contributed by atoms with Gasteiger partial charge >= 0.3 is 0 Å². The standard InChI is InChI=1S/C25H36O5/c1-6-10-21-22(15-14-19(17(3)26)24(21)27)30-16-9-11-18(7-2)20-12-8-13-23(28-4)25(20)29-5/h8,12-15,17-18,26-27H,6-7,9-11,16H2,1-5H3. The summed E-state index contributed by atoms with van der Waals surface area (Å²) in [5, 5.41) is 20.4. The van der Waals surface area contributed by atoms with E-state index < -0.39 is 6.10 Å². The lowest BCUT2D eigenvalue weighted by Crippen LogP contribution is -2.06. The first-order valence-electron chi connectivity index (χ1n) is 10.8. The van der Waals surface area contributed by atoms with Crippen molar-refractivity contribution in [2.24, 2.45) is 0 Å². The molecule has 2 rings (SSSR count). The Morgan fingerprint density at radius 1 is 0.967 bits per heavy atom. The molecule has 0 radical (unpaired) electrons. The van der Waals surface area contributed by atoms with Crippen molar-refractivity contribution in [1.29, 1.82) is 0 Å². The van der Waals surface area contributed by atoms with Gasteiger partial charge in [0.15, 0.2) is 11.5 Å². The Bertz CT molecular complexity index is 800. The maximum Gasteiger partial charge on any atom is 0.164 e. The third-order valence-corrected chi connectivity index (χ3v) is 5.54. The van der Waals surface area contributed by atoms with Crippen LogP contribution in [0.25, 0.3) is 0 Å². The maximum absolute atomic E-state index is 10.5. The zero-order chi connectivity index (χ0) is 22.1. The Morgan fingerprint density at radius 2 is 1.73 bits per heavy atom. The van der Waals surface area contributed by atoms with E-state index in [1.165, 1.54) is 0 Å². The summed E-state index contributed by atoms with van der Waals surface area (Å²) in [6.45, 7) is 6.46. The van der Waals surface area contributed by atoms with Crippen molar-refractivity contribution in [3.05, 3.63) is 47.0 Å². The predicted molar refractivity (Wildman–Crippen MR) is 120 cm³/mol. The molecule has 2 aromatic carbocycles. The Kier molecular flexibility index (Phi) is 9.31. The van der Waals surface area contributed by atoms with Crippen LogP contribution in [0, 0.1) is 0 Å². The van der Waals surface area contributed by atoms with Crippen molar-refractivity contribution in [2.75, 3.05) is 20.8 Å². The lowest BCUT2D eigenvalue weighted by molar-refractivity contribution is 0.194. The molecule has 0 aromatic heterocycles. The van der Waals surface area contributed by atoms with Gasteiger partial charge in [-0.25, -0.2) is 0 Å². The molecule has 166 valence electrons. The number of hydrogen-bond acceptors (Lipinski definition) is 5. The summed E-state index contributed by atoms with van der Waals surface area (Å²) in [7, 11) is 3.33. The number of para-hydroxylation sites is 1. The van der Waals surface area contributed by atoms with Crippen LogP contribution < -0.4 is 14.2 Å². The van der Waals surface area contributed by atoms with Crippen LogP contribution in [0.3, 0.4) is 0 Å². The summed E-state index contributed by atoms with van der Waals surface area (Å²) in [6.07, 6.45) is 3.72. The second-order valence-corrected chi connectivity index (χ2v) is 7.58. The summed E-state index contributed by atoms with van der Waals surface area (Å²) in [4.78, 5) is 0. The molecule has 5 heteroatoms. The lowest BCUT2D eigenvalue weighted by atomic mass is 9.91.